The molecule has 1 rings (SSSR count). The van der Waals surface area contributed by atoms with Crippen molar-refractivity contribution in [2.45, 2.75) is 58.2 Å². The number of ether oxygens (including phenoxy) is 1. The van der Waals surface area contributed by atoms with Gasteiger partial charge in [-0.1, -0.05) is 12.8 Å². The Morgan fingerprint density at radius 2 is 2.00 bits per heavy atom. The molecule has 0 bridgehead atoms. The van der Waals surface area contributed by atoms with Crippen molar-refractivity contribution in [3.63, 3.8) is 0 Å². The molecule has 0 heterocycles. The summed E-state index contributed by atoms with van der Waals surface area (Å²) >= 11 is 0. The highest BCUT2D eigenvalue weighted by atomic mass is 16.6. The molecular formula is C12H22N2O4. The highest BCUT2D eigenvalue weighted by Gasteiger charge is 2.39. The van der Waals surface area contributed by atoms with Gasteiger partial charge in [-0.05, 0) is 40.0 Å². The predicted molar refractivity (Wildman–Crippen MR) is 64.8 cm³/mol. The number of nitrogens with one attached hydrogen (secondary N) is 1. The van der Waals surface area contributed by atoms with Crippen molar-refractivity contribution >= 4 is 12.5 Å². The Balaban J connectivity index is 2.65. The molecule has 0 aromatic rings. The number of carbonyl (C=O) groups is 2. The maximum Gasteiger partial charge on any atom is 0.409 e. The van der Waals surface area contributed by atoms with E-state index in [1.54, 1.807) is 27.7 Å². The number of hydroxylamine groups is 2. The molecule has 0 aliphatic heterocycles. The fourth-order valence-electron chi connectivity index (χ4n) is 1.73. The predicted octanol–water partition coefficient (Wildman–Crippen LogP) is 1.88. The quantitative estimate of drug-likeness (QED) is 0.341. The molecule has 2 N–H and O–H groups in total. The first kappa shape index (κ1) is 14.8. The molecule has 1 saturated carbocycles. The smallest absolute Gasteiger partial charge is 0.409 e. The number of hydrogen-bond donors (Lipinski definition) is 2. The van der Waals surface area contributed by atoms with Crippen molar-refractivity contribution in [1.29, 1.82) is 0 Å². The second-order valence-electron chi connectivity index (χ2n) is 6.00. The zero-order chi connectivity index (χ0) is 14.0. The largest absolute Gasteiger partial charge is 0.444 e. The summed E-state index contributed by atoms with van der Waals surface area (Å²) < 4.78 is 5.13. The summed E-state index contributed by atoms with van der Waals surface area (Å²) in [4.78, 5) is 22.4. The summed E-state index contributed by atoms with van der Waals surface area (Å²) in [5.41, 5.74) is -1.74. The van der Waals surface area contributed by atoms with E-state index in [1.807, 2.05) is 0 Å². The molecule has 0 saturated heterocycles. The molecule has 2 amide bonds. The molecule has 1 fully saturated rings. The molecule has 0 aromatic heterocycles. The van der Waals surface area contributed by atoms with E-state index < -0.39 is 17.4 Å². The molecule has 6 heteroatoms. The average molecular weight is 258 g/mol. The van der Waals surface area contributed by atoms with Crippen LogP contribution in [-0.2, 0) is 9.53 Å². The van der Waals surface area contributed by atoms with Gasteiger partial charge in [-0.2, -0.15) is 0 Å². The molecule has 6 nitrogen and oxygen atoms in total. The highest BCUT2D eigenvalue weighted by molar-refractivity contribution is 5.69. The first-order valence-electron chi connectivity index (χ1n) is 6.11. The van der Waals surface area contributed by atoms with Gasteiger partial charge in [-0.15, -0.1) is 0 Å². The molecule has 0 radical (unpaired) electrons. The van der Waals surface area contributed by atoms with E-state index >= 15 is 0 Å². The maximum atomic E-state index is 11.7. The van der Waals surface area contributed by atoms with Crippen LogP contribution in [-0.4, -0.2) is 34.0 Å². The van der Waals surface area contributed by atoms with E-state index in [0.717, 1.165) is 12.8 Å². The monoisotopic (exact) mass is 258 g/mol. The van der Waals surface area contributed by atoms with Crippen LogP contribution >= 0.6 is 0 Å². The highest BCUT2D eigenvalue weighted by Crippen LogP contribution is 2.37. The molecular weight excluding hydrogens is 236 g/mol. The van der Waals surface area contributed by atoms with Crippen LogP contribution < -0.4 is 5.32 Å². The topological polar surface area (TPSA) is 78.9 Å². The molecule has 0 spiro atoms. The first-order valence-corrected chi connectivity index (χ1v) is 6.11. The van der Waals surface area contributed by atoms with Crippen LogP contribution in [0.2, 0.25) is 0 Å². The average Bonchev–Trinajstić information content (AvgIpc) is 2.96. The second kappa shape index (κ2) is 5.14. The second-order valence-corrected chi connectivity index (χ2v) is 6.00. The van der Waals surface area contributed by atoms with Gasteiger partial charge in [0.2, 0.25) is 6.41 Å². The SMILES string of the molecule is CC(C)(C)OC(=O)NC(C)(CC1CC1)N(O)C=O. The van der Waals surface area contributed by atoms with Gasteiger partial charge in [0.15, 0.2) is 0 Å². The van der Waals surface area contributed by atoms with Crippen molar-refractivity contribution in [3.8, 4) is 0 Å². The number of carbonyl (C=O) groups excluding carboxylic acids is 2. The number of alkyl carbamates (subject to hydrolysis) is 1. The van der Waals surface area contributed by atoms with E-state index in [2.05, 4.69) is 5.32 Å². The van der Waals surface area contributed by atoms with E-state index in [9.17, 15) is 14.8 Å². The van der Waals surface area contributed by atoms with Crippen molar-refractivity contribution in [2.75, 3.05) is 0 Å². The van der Waals surface area contributed by atoms with Crippen molar-refractivity contribution in [2.24, 2.45) is 5.92 Å². The Morgan fingerprint density at radius 1 is 1.44 bits per heavy atom. The van der Waals surface area contributed by atoms with Crippen LogP contribution in [0.3, 0.4) is 0 Å². The fraction of sp³-hybridized carbons (Fsp3) is 0.833. The number of rotatable bonds is 5. The summed E-state index contributed by atoms with van der Waals surface area (Å²) in [6, 6.07) is 0. The minimum Gasteiger partial charge on any atom is -0.444 e. The van der Waals surface area contributed by atoms with Gasteiger partial charge in [0.1, 0.15) is 11.3 Å². The summed E-state index contributed by atoms with van der Waals surface area (Å²) in [5.74, 6) is 0.430. The van der Waals surface area contributed by atoms with Gasteiger partial charge in [-0.3, -0.25) is 15.3 Å². The number of hydrogen-bond acceptors (Lipinski definition) is 4. The van der Waals surface area contributed by atoms with Crippen LogP contribution in [0.5, 0.6) is 0 Å². The lowest BCUT2D eigenvalue weighted by Crippen LogP contribution is -2.58. The normalized spacial score (nSPS) is 18.7. The Hall–Kier alpha value is -1.30. The van der Waals surface area contributed by atoms with Crippen LogP contribution in [0.25, 0.3) is 0 Å². The van der Waals surface area contributed by atoms with E-state index in [4.69, 9.17) is 4.74 Å². The number of nitrogens with zero attached hydrogens (tertiary/aromatic N) is 1. The molecule has 1 aliphatic rings. The Labute approximate surface area is 107 Å². The maximum absolute atomic E-state index is 11.7. The van der Waals surface area contributed by atoms with E-state index in [0.29, 0.717) is 23.8 Å². The third-order valence-electron chi connectivity index (χ3n) is 2.76. The fourth-order valence-corrected chi connectivity index (χ4v) is 1.73. The third-order valence-corrected chi connectivity index (χ3v) is 2.76. The molecule has 1 unspecified atom stereocenters. The molecule has 1 aliphatic carbocycles. The minimum absolute atomic E-state index is 0.291. The lowest BCUT2D eigenvalue weighted by Gasteiger charge is -2.35. The summed E-state index contributed by atoms with van der Waals surface area (Å²) in [6.45, 7) is 6.85. The molecule has 18 heavy (non-hydrogen) atoms. The van der Waals surface area contributed by atoms with Gasteiger partial charge in [0.25, 0.3) is 0 Å². The van der Waals surface area contributed by atoms with Gasteiger partial charge in [-0.25, -0.2) is 9.86 Å². The Morgan fingerprint density at radius 3 is 2.39 bits per heavy atom. The lowest BCUT2D eigenvalue weighted by molar-refractivity contribution is -0.184. The zero-order valence-electron chi connectivity index (χ0n) is 11.4. The van der Waals surface area contributed by atoms with Crippen molar-refractivity contribution < 1.29 is 19.5 Å². The van der Waals surface area contributed by atoms with Crippen LogP contribution in [0.1, 0.15) is 47.0 Å². The van der Waals surface area contributed by atoms with Crippen molar-refractivity contribution in [1.82, 2.24) is 10.4 Å². The van der Waals surface area contributed by atoms with Crippen molar-refractivity contribution in [3.05, 3.63) is 0 Å². The van der Waals surface area contributed by atoms with Gasteiger partial charge >= 0.3 is 6.09 Å². The molecule has 104 valence electrons. The van der Waals surface area contributed by atoms with Crippen LogP contribution in [0.15, 0.2) is 0 Å². The van der Waals surface area contributed by atoms with Crippen LogP contribution in [0.4, 0.5) is 4.79 Å². The third kappa shape index (κ3) is 4.52. The van der Waals surface area contributed by atoms with E-state index in [1.165, 1.54) is 0 Å². The van der Waals surface area contributed by atoms with E-state index in [-0.39, 0.29) is 0 Å². The Kier molecular flexibility index (Phi) is 4.21. The summed E-state index contributed by atoms with van der Waals surface area (Å²) in [6.07, 6.45) is 2.27. The zero-order valence-corrected chi connectivity index (χ0v) is 11.4. The van der Waals surface area contributed by atoms with Gasteiger partial charge in [0, 0.05) is 0 Å². The summed E-state index contributed by atoms with van der Waals surface area (Å²) in [7, 11) is 0. The Bertz CT molecular complexity index is 323. The standard InChI is InChI=1S/C12H22N2O4/c1-11(2,3)18-10(16)13-12(4,14(17)8-15)7-9-5-6-9/h8-9,17H,5-7H2,1-4H3,(H,13,16). The molecule has 0 aromatic carbocycles. The lowest BCUT2D eigenvalue weighted by atomic mass is 10.1. The van der Waals surface area contributed by atoms with Gasteiger partial charge in [0.05, 0.1) is 0 Å². The first-order chi connectivity index (χ1) is 8.16. The minimum atomic E-state index is -1.12. The number of amides is 2. The molecule has 1 atom stereocenters. The van der Waals surface area contributed by atoms with Crippen LogP contribution in [0, 0.1) is 5.92 Å². The van der Waals surface area contributed by atoms with Gasteiger partial charge < -0.3 is 4.74 Å². The summed E-state index contributed by atoms with van der Waals surface area (Å²) in [5, 5.41) is 12.6.